The number of allylic oxidation sites excluding steroid dienone is 1. The van der Waals surface area contributed by atoms with Crippen LogP contribution < -0.4 is 14.8 Å². The number of rotatable bonds is 6. The standard InChI is InChI=1S/C22H26FN3O5S2/c1-13-21(17-9-10-32-20(17)12-26(13)22(27)28)24-18-8-3-14(23)11-19(18)31-16-6-4-15(5-7-16)25-33(2,29)30/h3,8-11,15-16,24-25H,4-7,12H2,1-2H3,(H,27,28). The first-order chi connectivity index (χ1) is 15.6. The van der Waals surface area contributed by atoms with E-state index in [1.54, 1.807) is 13.0 Å². The monoisotopic (exact) mass is 495 g/mol. The smallest absolute Gasteiger partial charge is 0.411 e. The molecule has 1 amide bonds. The van der Waals surface area contributed by atoms with Crippen molar-refractivity contribution in [1.29, 1.82) is 0 Å². The molecule has 1 aliphatic heterocycles. The van der Waals surface area contributed by atoms with Gasteiger partial charge >= 0.3 is 6.09 Å². The van der Waals surface area contributed by atoms with Crippen molar-refractivity contribution in [1.82, 2.24) is 9.62 Å². The second-order valence-corrected chi connectivity index (χ2v) is 11.1. The predicted molar refractivity (Wildman–Crippen MR) is 125 cm³/mol. The number of hydrogen-bond acceptors (Lipinski definition) is 6. The number of benzene rings is 1. The summed E-state index contributed by atoms with van der Waals surface area (Å²) in [5.74, 6) is -0.111. The third kappa shape index (κ3) is 5.48. The summed E-state index contributed by atoms with van der Waals surface area (Å²) >= 11 is 1.48. The minimum atomic E-state index is -3.26. The van der Waals surface area contributed by atoms with Crippen LogP contribution in [0.5, 0.6) is 5.75 Å². The molecule has 1 saturated carbocycles. The molecule has 11 heteroatoms. The molecule has 1 fully saturated rings. The molecule has 0 spiro atoms. The zero-order chi connectivity index (χ0) is 23.8. The van der Waals surface area contributed by atoms with Crippen LogP contribution in [0.4, 0.5) is 14.9 Å². The Kier molecular flexibility index (Phi) is 6.64. The highest BCUT2D eigenvalue weighted by Crippen LogP contribution is 2.38. The lowest BCUT2D eigenvalue weighted by molar-refractivity contribution is 0.144. The molecular weight excluding hydrogens is 469 g/mol. The molecule has 178 valence electrons. The van der Waals surface area contributed by atoms with Gasteiger partial charge in [0.1, 0.15) is 11.6 Å². The minimum Gasteiger partial charge on any atom is -0.488 e. The van der Waals surface area contributed by atoms with Gasteiger partial charge in [0.05, 0.1) is 30.3 Å². The van der Waals surface area contributed by atoms with Gasteiger partial charge in [0.15, 0.2) is 0 Å². The van der Waals surface area contributed by atoms with Crippen LogP contribution in [-0.2, 0) is 16.6 Å². The summed E-state index contributed by atoms with van der Waals surface area (Å²) in [6, 6.07) is 6.02. The first kappa shape index (κ1) is 23.5. The third-order valence-corrected chi connectivity index (χ3v) is 7.53. The fraction of sp³-hybridized carbons (Fsp3) is 0.409. The molecule has 0 atom stereocenters. The van der Waals surface area contributed by atoms with E-state index >= 15 is 0 Å². The minimum absolute atomic E-state index is 0.126. The number of ether oxygens (including phenoxy) is 1. The van der Waals surface area contributed by atoms with Gasteiger partial charge < -0.3 is 15.2 Å². The Morgan fingerprint density at radius 3 is 2.64 bits per heavy atom. The van der Waals surface area contributed by atoms with E-state index in [-0.39, 0.29) is 18.7 Å². The summed E-state index contributed by atoms with van der Waals surface area (Å²) in [6.45, 7) is 2.02. The zero-order valence-corrected chi connectivity index (χ0v) is 19.9. The lowest BCUT2D eigenvalue weighted by Crippen LogP contribution is -2.39. The van der Waals surface area contributed by atoms with Crippen molar-refractivity contribution >= 4 is 38.8 Å². The van der Waals surface area contributed by atoms with Gasteiger partial charge in [0.25, 0.3) is 0 Å². The van der Waals surface area contributed by atoms with E-state index in [4.69, 9.17) is 4.74 Å². The number of nitrogens with zero attached hydrogens (tertiary/aromatic N) is 1. The van der Waals surface area contributed by atoms with Gasteiger partial charge in [-0.3, -0.25) is 4.90 Å². The number of hydrogen-bond donors (Lipinski definition) is 3. The molecule has 3 N–H and O–H groups in total. The van der Waals surface area contributed by atoms with Crippen molar-refractivity contribution in [2.24, 2.45) is 0 Å². The number of fused-ring (bicyclic) bond motifs is 1. The maximum absolute atomic E-state index is 14.1. The Bertz CT molecular complexity index is 1190. The van der Waals surface area contributed by atoms with Crippen LogP contribution >= 0.6 is 11.3 Å². The number of thiophene rings is 1. The van der Waals surface area contributed by atoms with Crippen LogP contribution in [-0.4, -0.2) is 42.9 Å². The van der Waals surface area contributed by atoms with Gasteiger partial charge in [-0.2, -0.15) is 0 Å². The molecule has 1 aromatic carbocycles. The normalized spacial score (nSPS) is 21.0. The van der Waals surface area contributed by atoms with Crippen LogP contribution in [0.25, 0.3) is 5.70 Å². The Balaban J connectivity index is 1.55. The Morgan fingerprint density at radius 2 is 1.97 bits per heavy atom. The fourth-order valence-electron chi connectivity index (χ4n) is 4.26. The van der Waals surface area contributed by atoms with E-state index in [0.29, 0.717) is 48.5 Å². The van der Waals surface area contributed by atoms with Gasteiger partial charge in [-0.25, -0.2) is 22.3 Å². The molecule has 33 heavy (non-hydrogen) atoms. The average molecular weight is 496 g/mol. The zero-order valence-electron chi connectivity index (χ0n) is 18.3. The first-order valence-corrected chi connectivity index (χ1v) is 13.4. The Morgan fingerprint density at radius 1 is 1.24 bits per heavy atom. The SMILES string of the molecule is CC1=C(Nc2ccc(F)cc2OC2CCC(NS(C)(=O)=O)CC2)c2ccsc2CN1C(=O)O. The van der Waals surface area contributed by atoms with Crippen LogP contribution in [0.3, 0.4) is 0 Å². The number of carbonyl (C=O) groups is 1. The molecule has 2 heterocycles. The molecule has 4 rings (SSSR count). The number of halogens is 1. The third-order valence-electron chi connectivity index (χ3n) is 5.87. The lowest BCUT2D eigenvalue weighted by atomic mass is 9.93. The average Bonchev–Trinajstić information content (AvgIpc) is 3.20. The molecule has 1 aliphatic carbocycles. The molecule has 8 nitrogen and oxygen atoms in total. The van der Waals surface area contributed by atoms with Crippen LogP contribution in [0.1, 0.15) is 43.0 Å². The second kappa shape index (κ2) is 9.32. The Hall–Kier alpha value is -2.63. The van der Waals surface area contributed by atoms with Crippen molar-refractivity contribution in [3.63, 3.8) is 0 Å². The molecule has 0 bridgehead atoms. The largest absolute Gasteiger partial charge is 0.488 e. The van der Waals surface area contributed by atoms with Crippen molar-refractivity contribution in [2.45, 2.75) is 51.3 Å². The van der Waals surface area contributed by atoms with Gasteiger partial charge in [-0.15, -0.1) is 11.3 Å². The number of nitrogens with one attached hydrogen (secondary N) is 2. The molecule has 0 radical (unpaired) electrons. The van der Waals surface area contributed by atoms with E-state index in [1.165, 1.54) is 28.4 Å². The molecule has 2 aromatic rings. The fourth-order valence-corrected chi connectivity index (χ4v) is 5.97. The van der Waals surface area contributed by atoms with Gasteiger partial charge in [0.2, 0.25) is 10.0 Å². The number of anilines is 1. The molecule has 2 aliphatic rings. The summed E-state index contributed by atoms with van der Waals surface area (Å²) in [6.07, 6.45) is 2.45. The van der Waals surface area contributed by atoms with Crippen LogP contribution in [0.15, 0.2) is 35.3 Å². The van der Waals surface area contributed by atoms with E-state index in [0.717, 1.165) is 16.7 Å². The van der Waals surface area contributed by atoms with E-state index in [1.807, 2.05) is 11.4 Å². The molecule has 0 saturated heterocycles. The van der Waals surface area contributed by atoms with Gasteiger partial charge in [0, 0.05) is 28.2 Å². The first-order valence-electron chi connectivity index (χ1n) is 10.6. The molecule has 0 unspecified atom stereocenters. The number of carboxylic acid groups (broad SMARTS) is 1. The maximum atomic E-state index is 14.1. The Labute approximate surface area is 196 Å². The predicted octanol–water partition coefficient (Wildman–Crippen LogP) is 4.42. The highest BCUT2D eigenvalue weighted by atomic mass is 32.2. The van der Waals surface area contributed by atoms with Gasteiger partial charge in [-0.1, -0.05) is 0 Å². The molecule has 1 aromatic heterocycles. The van der Waals surface area contributed by atoms with Crippen molar-refractivity contribution in [3.05, 3.63) is 51.6 Å². The van der Waals surface area contributed by atoms with Crippen molar-refractivity contribution < 1.29 is 27.4 Å². The van der Waals surface area contributed by atoms with E-state index < -0.39 is 21.9 Å². The van der Waals surface area contributed by atoms with E-state index in [2.05, 4.69) is 10.0 Å². The van der Waals surface area contributed by atoms with Crippen molar-refractivity contribution in [2.75, 3.05) is 11.6 Å². The topological polar surface area (TPSA) is 108 Å². The summed E-state index contributed by atoms with van der Waals surface area (Å²) in [5.41, 5.74) is 2.64. The number of amides is 1. The van der Waals surface area contributed by atoms with E-state index in [9.17, 15) is 22.7 Å². The van der Waals surface area contributed by atoms with Crippen LogP contribution in [0, 0.1) is 5.82 Å². The van der Waals surface area contributed by atoms with Crippen molar-refractivity contribution in [3.8, 4) is 5.75 Å². The summed E-state index contributed by atoms with van der Waals surface area (Å²) in [5, 5.41) is 14.8. The highest BCUT2D eigenvalue weighted by Gasteiger charge is 2.29. The quantitative estimate of drug-likeness (QED) is 0.548. The van der Waals surface area contributed by atoms with Crippen LogP contribution in [0.2, 0.25) is 0 Å². The highest BCUT2D eigenvalue weighted by molar-refractivity contribution is 7.88. The lowest BCUT2D eigenvalue weighted by Gasteiger charge is -2.31. The summed E-state index contributed by atoms with van der Waals surface area (Å²) < 4.78 is 45.8. The summed E-state index contributed by atoms with van der Waals surface area (Å²) in [4.78, 5) is 13.9. The molecular formula is C22H26FN3O5S2. The summed E-state index contributed by atoms with van der Waals surface area (Å²) in [7, 11) is -3.26. The maximum Gasteiger partial charge on any atom is 0.411 e. The second-order valence-electron chi connectivity index (χ2n) is 8.33. The van der Waals surface area contributed by atoms with Gasteiger partial charge in [-0.05, 0) is 56.2 Å². The number of sulfonamides is 1.